The van der Waals surface area contributed by atoms with E-state index in [1.807, 2.05) is 64.1 Å². The number of carbonyl (C=O) groups is 4. The Kier molecular flexibility index (Phi) is 14.2. The third kappa shape index (κ3) is 11.2. The molecule has 6 rings (SSSR count). The monoisotopic (exact) mass is 831 g/mol. The number of nitrogens with one attached hydrogen (secondary N) is 4. The first-order valence-electron chi connectivity index (χ1n) is 20.3. The maximum Gasteiger partial charge on any atom is 0.274 e. The smallest absolute Gasteiger partial charge is 0.274 e. The van der Waals surface area contributed by atoms with Crippen LogP contribution in [0.1, 0.15) is 67.2 Å². The number of anilines is 2. The summed E-state index contributed by atoms with van der Waals surface area (Å²) in [5.41, 5.74) is 4.81. The van der Waals surface area contributed by atoms with Crippen molar-refractivity contribution in [3.05, 3.63) is 95.3 Å². The van der Waals surface area contributed by atoms with E-state index in [0.717, 1.165) is 22.4 Å². The van der Waals surface area contributed by atoms with Crippen molar-refractivity contribution in [1.82, 2.24) is 30.7 Å². The molecule has 320 valence electrons. The number of β-amino-alcohol motifs (C(OH)–C–C–N with tert-alkyl or cyclic N) is 1. The molecule has 16 nitrogen and oxygen atoms in total. The highest BCUT2D eigenvalue weighted by Gasteiger charge is 2.44. The zero-order valence-electron chi connectivity index (χ0n) is 35.1. The lowest BCUT2D eigenvalue weighted by Gasteiger charge is -2.36. The fraction of sp³-hybridized carbons (Fsp3) is 0.400. The molecule has 0 radical (unpaired) electrons. The highest BCUT2D eigenvalue weighted by molar-refractivity contribution is 6.04. The van der Waals surface area contributed by atoms with E-state index >= 15 is 0 Å². The fourth-order valence-corrected chi connectivity index (χ4v) is 7.52. The quantitative estimate of drug-likeness (QED) is 0.113. The third-order valence-electron chi connectivity index (χ3n) is 10.9. The van der Waals surface area contributed by atoms with Crippen molar-refractivity contribution in [2.24, 2.45) is 5.41 Å². The molecule has 2 aromatic heterocycles. The number of pyridine rings is 1. The molecule has 0 saturated carbocycles. The van der Waals surface area contributed by atoms with E-state index in [1.54, 1.807) is 49.7 Å². The zero-order valence-corrected chi connectivity index (χ0v) is 35.1. The van der Waals surface area contributed by atoms with Crippen molar-refractivity contribution in [2.45, 2.75) is 77.8 Å². The van der Waals surface area contributed by atoms with Crippen molar-refractivity contribution >= 4 is 41.1 Å². The average molecular weight is 832 g/mol. The molecule has 3 atom stereocenters. The van der Waals surface area contributed by atoms with E-state index in [9.17, 15) is 24.3 Å². The van der Waals surface area contributed by atoms with Gasteiger partial charge in [-0.1, -0.05) is 45.0 Å². The second-order valence-corrected chi connectivity index (χ2v) is 16.3. The van der Waals surface area contributed by atoms with Gasteiger partial charge in [0.2, 0.25) is 17.7 Å². The summed E-state index contributed by atoms with van der Waals surface area (Å²) in [5, 5.41) is 35.0. The maximum atomic E-state index is 14.1. The predicted molar refractivity (Wildman–Crippen MR) is 229 cm³/mol. The summed E-state index contributed by atoms with van der Waals surface area (Å²) in [6, 6.07) is 18.2. The van der Waals surface area contributed by atoms with Gasteiger partial charge in [-0.15, -0.1) is 0 Å². The molecule has 2 aliphatic rings. The number of aliphatic hydroxyl groups excluding tert-OH is 1. The SMILES string of the molecule is COc1cc(N2CCC(OCC(=O)N[C@H](C(=O)N3C[C@H](O)C[C@H]3C(=O)NCc3ccc(/C=C/C#N)cc3C)C(C)(C)C)CC2)ccc1NC(=O)c1cccc(-c2cc[nH]n2)n1. The number of nitrogens with zero attached hydrogens (tertiary/aromatic N) is 5. The number of aliphatic hydroxyl groups is 1. The number of H-pyrrole nitrogens is 1. The first-order valence-corrected chi connectivity index (χ1v) is 20.3. The van der Waals surface area contributed by atoms with Crippen LogP contribution in [0.2, 0.25) is 0 Å². The van der Waals surface area contributed by atoms with Crippen LogP contribution in [0.3, 0.4) is 0 Å². The fourth-order valence-electron chi connectivity index (χ4n) is 7.52. The largest absolute Gasteiger partial charge is 0.494 e. The molecule has 4 amide bonds. The molecule has 16 heteroatoms. The Labute approximate surface area is 355 Å². The van der Waals surface area contributed by atoms with Crippen LogP contribution in [-0.4, -0.2) is 106 Å². The van der Waals surface area contributed by atoms with Crippen molar-refractivity contribution in [3.8, 4) is 23.2 Å². The Morgan fingerprint density at radius 1 is 1.07 bits per heavy atom. The average Bonchev–Trinajstić information content (AvgIpc) is 3.94. The summed E-state index contributed by atoms with van der Waals surface area (Å²) in [7, 11) is 1.54. The van der Waals surface area contributed by atoms with E-state index in [0.29, 0.717) is 48.8 Å². The lowest BCUT2D eigenvalue weighted by molar-refractivity contribution is -0.145. The molecule has 0 unspecified atom stereocenters. The number of ether oxygens (including phenoxy) is 2. The van der Waals surface area contributed by atoms with Crippen molar-refractivity contribution < 1.29 is 33.8 Å². The van der Waals surface area contributed by atoms with E-state index < -0.39 is 41.3 Å². The summed E-state index contributed by atoms with van der Waals surface area (Å²) in [6.07, 6.45) is 5.09. The number of allylic oxidation sites excluding steroid dienone is 1. The normalized spacial score (nSPS) is 17.5. The maximum absolute atomic E-state index is 14.1. The number of likely N-dealkylation sites (tertiary alicyclic amines) is 1. The first kappa shape index (κ1) is 44.0. The number of benzene rings is 2. The Hall–Kier alpha value is -6.57. The number of aromatic nitrogens is 3. The van der Waals surface area contributed by atoms with Crippen LogP contribution < -0.4 is 25.6 Å². The molecule has 2 aromatic carbocycles. The lowest BCUT2D eigenvalue weighted by Crippen LogP contribution is -2.58. The summed E-state index contributed by atoms with van der Waals surface area (Å²) in [4.78, 5) is 62.0. The van der Waals surface area contributed by atoms with E-state index in [-0.39, 0.29) is 43.8 Å². The van der Waals surface area contributed by atoms with Crippen LogP contribution in [-0.2, 0) is 25.7 Å². The Morgan fingerprint density at radius 2 is 1.85 bits per heavy atom. The molecule has 2 aliphatic heterocycles. The first-order chi connectivity index (χ1) is 29.2. The number of hydrogen-bond acceptors (Lipinski definition) is 11. The topological polar surface area (TPSA) is 215 Å². The lowest BCUT2D eigenvalue weighted by atomic mass is 9.85. The molecule has 2 saturated heterocycles. The van der Waals surface area contributed by atoms with Gasteiger partial charge in [-0.3, -0.25) is 24.3 Å². The van der Waals surface area contributed by atoms with E-state index in [2.05, 4.69) is 36.0 Å². The van der Waals surface area contributed by atoms with Gasteiger partial charge in [-0.25, -0.2) is 4.98 Å². The van der Waals surface area contributed by atoms with Crippen LogP contribution in [0, 0.1) is 23.7 Å². The van der Waals surface area contributed by atoms with E-state index in [4.69, 9.17) is 14.7 Å². The number of carbonyl (C=O) groups excluding carboxylic acids is 4. The molecule has 0 aliphatic carbocycles. The minimum atomic E-state index is -0.978. The van der Waals surface area contributed by atoms with Crippen molar-refractivity contribution in [2.75, 3.05) is 43.6 Å². The number of methoxy groups -OCH3 is 1. The number of hydrogen-bond donors (Lipinski definition) is 5. The molecule has 4 aromatic rings. The van der Waals surface area contributed by atoms with Gasteiger partial charge in [0.05, 0.1) is 36.8 Å². The van der Waals surface area contributed by atoms with Crippen molar-refractivity contribution in [1.29, 1.82) is 5.26 Å². The molecule has 4 heterocycles. The molecule has 61 heavy (non-hydrogen) atoms. The Morgan fingerprint density at radius 3 is 2.54 bits per heavy atom. The highest BCUT2D eigenvalue weighted by Crippen LogP contribution is 2.32. The number of aryl methyl sites for hydroxylation is 1. The van der Waals surface area contributed by atoms with Gasteiger partial charge >= 0.3 is 0 Å². The predicted octanol–water partition coefficient (Wildman–Crippen LogP) is 4.37. The number of rotatable bonds is 14. The van der Waals surface area contributed by atoms with Gasteiger partial charge in [0.15, 0.2) is 0 Å². The summed E-state index contributed by atoms with van der Waals surface area (Å²) in [5.74, 6) is -1.19. The summed E-state index contributed by atoms with van der Waals surface area (Å²) < 4.78 is 11.7. The van der Waals surface area contributed by atoms with Gasteiger partial charge < -0.3 is 40.3 Å². The summed E-state index contributed by atoms with van der Waals surface area (Å²) in [6.45, 7) is 8.66. The Bertz CT molecular complexity index is 2270. The molecule has 5 N–H and O–H groups in total. The third-order valence-corrected chi connectivity index (χ3v) is 10.9. The second-order valence-electron chi connectivity index (χ2n) is 16.3. The number of piperidine rings is 1. The molecule has 0 spiro atoms. The van der Waals surface area contributed by atoms with Crippen LogP contribution in [0.5, 0.6) is 5.75 Å². The number of aromatic amines is 1. The van der Waals surface area contributed by atoms with Crippen LogP contribution >= 0.6 is 0 Å². The Balaban J connectivity index is 0.991. The van der Waals surface area contributed by atoms with Gasteiger partial charge in [0.1, 0.15) is 35.8 Å². The van der Waals surface area contributed by atoms with Gasteiger partial charge in [0.25, 0.3) is 5.91 Å². The highest BCUT2D eigenvalue weighted by atomic mass is 16.5. The minimum Gasteiger partial charge on any atom is -0.494 e. The van der Waals surface area contributed by atoms with Gasteiger partial charge in [-0.2, -0.15) is 10.4 Å². The number of amides is 4. The standard InChI is InChI=1S/C45H53N9O7/c1-28-22-29(8-7-18-46)11-12-30(28)25-47-43(58)38-24-32(55)26-54(38)44(59)41(45(2,3)4)51-40(56)27-61-33-16-20-53(21-17-33)31-13-14-36(39(23-31)60-5)50-42(57)37-10-6-9-34(49-37)35-15-19-48-52-35/h6-15,19,22-23,32-33,38,41,55H,16-17,20-21,24-27H2,1-5H3,(H,47,58)(H,48,52)(H,50,57)(H,51,56)/b8-7+/t32-,38+,41-/m1/s1. The van der Waals surface area contributed by atoms with Crippen LogP contribution in [0.15, 0.2) is 72.9 Å². The van der Waals surface area contributed by atoms with Crippen LogP contribution in [0.4, 0.5) is 11.4 Å². The molecular formula is C45H53N9O7. The van der Waals surface area contributed by atoms with Gasteiger partial charge in [0, 0.05) is 56.6 Å². The van der Waals surface area contributed by atoms with Crippen molar-refractivity contribution in [3.63, 3.8) is 0 Å². The zero-order chi connectivity index (χ0) is 43.7. The van der Waals surface area contributed by atoms with Gasteiger partial charge in [-0.05, 0) is 78.3 Å². The van der Waals surface area contributed by atoms with Crippen LogP contribution in [0.25, 0.3) is 17.5 Å². The summed E-state index contributed by atoms with van der Waals surface area (Å²) >= 11 is 0. The second kappa shape index (κ2) is 19.7. The molecule has 2 fully saturated rings. The number of nitriles is 1. The molecule has 0 bridgehead atoms. The van der Waals surface area contributed by atoms with E-state index in [1.165, 1.54) is 11.0 Å². The minimum absolute atomic E-state index is 0.0320. The molecular weight excluding hydrogens is 779 g/mol.